The van der Waals surface area contributed by atoms with Crippen molar-refractivity contribution < 1.29 is 29.3 Å². The molecular weight excluding hydrogens is 456 g/mol. The van der Waals surface area contributed by atoms with Crippen LogP contribution in [-0.4, -0.2) is 35.4 Å². The molecule has 6 heteroatoms. The van der Waals surface area contributed by atoms with Gasteiger partial charge in [-0.15, -0.1) is 0 Å². The molecule has 0 spiro atoms. The van der Waals surface area contributed by atoms with Crippen molar-refractivity contribution in [2.75, 3.05) is 13.2 Å². The Labute approximate surface area is 212 Å². The fraction of sp³-hybridized carbons (Fsp3) is 0.333. The van der Waals surface area contributed by atoms with Crippen molar-refractivity contribution >= 4 is 11.9 Å². The van der Waals surface area contributed by atoms with Crippen molar-refractivity contribution in [3.63, 3.8) is 0 Å². The van der Waals surface area contributed by atoms with Crippen molar-refractivity contribution in [3.05, 3.63) is 95.1 Å². The number of benzene rings is 3. The van der Waals surface area contributed by atoms with Gasteiger partial charge in [-0.25, -0.2) is 9.59 Å². The van der Waals surface area contributed by atoms with Crippen molar-refractivity contribution in [2.24, 2.45) is 0 Å². The lowest BCUT2D eigenvalue weighted by atomic mass is 10.1. The maximum absolute atomic E-state index is 11.6. The van der Waals surface area contributed by atoms with Gasteiger partial charge in [0.15, 0.2) is 11.5 Å². The first kappa shape index (κ1) is 26.8. The number of carboxylic acids is 2. The summed E-state index contributed by atoms with van der Waals surface area (Å²) in [5.74, 6) is -2.09. The van der Waals surface area contributed by atoms with Gasteiger partial charge in [0.1, 0.15) is 0 Å². The second-order valence-corrected chi connectivity index (χ2v) is 8.74. The molecule has 0 aromatic heterocycles. The minimum atomic E-state index is -1.31. The third-order valence-corrected chi connectivity index (χ3v) is 5.97. The number of unbranched alkanes of at least 4 members (excludes halogenated alkanes) is 4. The molecule has 0 radical (unpaired) electrons. The SMILES string of the molecule is O=C(O)c1cc(OCCCCCc2ccccc2)c(OCCCCCc2ccccc2)cc1C(=O)O. The van der Waals surface area contributed by atoms with E-state index in [0.29, 0.717) is 13.2 Å². The molecule has 0 saturated heterocycles. The average molecular weight is 491 g/mol. The zero-order valence-electron chi connectivity index (χ0n) is 20.5. The van der Waals surface area contributed by atoms with E-state index in [1.54, 1.807) is 0 Å². The maximum Gasteiger partial charge on any atom is 0.336 e. The number of rotatable bonds is 16. The predicted octanol–water partition coefficient (Wildman–Crippen LogP) is 6.67. The molecular formula is C30H34O6. The lowest BCUT2D eigenvalue weighted by molar-refractivity contribution is 0.0650. The summed E-state index contributed by atoms with van der Waals surface area (Å²) in [6, 6.07) is 23.1. The summed E-state index contributed by atoms with van der Waals surface area (Å²) in [6.07, 6.45) is 7.57. The Morgan fingerprint density at radius 1 is 0.556 bits per heavy atom. The van der Waals surface area contributed by atoms with Crippen molar-refractivity contribution in [1.29, 1.82) is 0 Å². The van der Waals surface area contributed by atoms with Crippen LogP contribution in [0.5, 0.6) is 11.5 Å². The predicted molar refractivity (Wildman–Crippen MR) is 139 cm³/mol. The van der Waals surface area contributed by atoms with Gasteiger partial charge < -0.3 is 19.7 Å². The summed E-state index contributed by atoms with van der Waals surface area (Å²) >= 11 is 0. The molecule has 0 heterocycles. The molecule has 190 valence electrons. The molecule has 0 aliphatic carbocycles. The number of carbonyl (C=O) groups is 2. The van der Waals surface area contributed by atoms with Crippen LogP contribution in [0.1, 0.15) is 70.4 Å². The van der Waals surface area contributed by atoms with Crippen LogP contribution in [0.4, 0.5) is 0 Å². The quantitative estimate of drug-likeness (QED) is 0.218. The number of aryl methyl sites for hydroxylation is 2. The largest absolute Gasteiger partial charge is 0.490 e. The van der Waals surface area contributed by atoms with E-state index in [2.05, 4.69) is 24.3 Å². The third kappa shape index (κ3) is 8.77. The van der Waals surface area contributed by atoms with Gasteiger partial charge in [0.2, 0.25) is 0 Å². The minimum absolute atomic E-state index is 0.268. The monoisotopic (exact) mass is 490 g/mol. The Hall–Kier alpha value is -3.80. The molecule has 0 amide bonds. The summed E-state index contributed by atoms with van der Waals surface area (Å²) in [4.78, 5) is 23.3. The fourth-order valence-electron chi connectivity index (χ4n) is 4.01. The molecule has 0 atom stereocenters. The van der Waals surface area contributed by atoms with Crippen LogP contribution >= 0.6 is 0 Å². The molecule has 3 rings (SSSR count). The average Bonchev–Trinajstić information content (AvgIpc) is 2.89. The van der Waals surface area contributed by atoms with E-state index in [1.807, 2.05) is 36.4 Å². The first-order valence-corrected chi connectivity index (χ1v) is 12.5. The number of hydrogen-bond donors (Lipinski definition) is 2. The topological polar surface area (TPSA) is 93.1 Å². The van der Waals surface area contributed by atoms with Gasteiger partial charge in [0.25, 0.3) is 0 Å². The molecule has 3 aromatic rings. The summed E-state index contributed by atoms with van der Waals surface area (Å²) < 4.78 is 11.7. The molecule has 0 bridgehead atoms. The maximum atomic E-state index is 11.6. The highest BCUT2D eigenvalue weighted by Gasteiger charge is 2.21. The van der Waals surface area contributed by atoms with Crippen molar-refractivity contribution in [3.8, 4) is 11.5 Å². The van der Waals surface area contributed by atoms with Crippen LogP contribution in [0.3, 0.4) is 0 Å². The standard InChI is InChI=1S/C30H34O6/c31-29(32)25-21-27(35-19-11-3-9-17-23-13-5-1-6-14-23)28(22-26(25)30(33)34)36-20-12-4-10-18-24-15-7-2-8-16-24/h1-2,5-8,13-16,21-22H,3-4,9-12,17-20H2,(H,31,32)(H,33,34). The molecule has 3 aromatic carbocycles. The second kappa shape index (κ2) is 14.6. The normalized spacial score (nSPS) is 10.7. The third-order valence-electron chi connectivity index (χ3n) is 5.97. The van der Waals surface area contributed by atoms with E-state index in [4.69, 9.17) is 9.47 Å². The molecule has 0 unspecified atom stereocenters. The molecule has 0 aliphatic heterocycles. The van der Waals surface area contributed by atoms with E-state index < -0.39 is 11.9 Å². The van der Waals surface area contributed by atoms with Crippen molar-refractivity contribution in [1.82, 2.24) is 0 Å². The molecule has 0 saturated carbocycles. The van der Waals surface area contributed by atoms with Crippen LogP contribution in [0.15, 0.2) is 72.8 Å². The molecule has 6 nitrogen and oxygen atoms in total. The highest BCUT2D eigenvalue weighted by molar-refractivity contribution is 6.02. The zero-order valence-corrected chi connectivity index (χ0v) is 20.5. The summed E-state index contributed by atoms with van der Waals surface area (Å²) in [6.45, 7) is 0.793. The Balaban J connectivity index is 1.52. The van der Waals surface area contributed by atoms with Crippen LogP contribution in [0, 0.1) is 0 Å². The van der Waals surface area contributed by atoms with Crippen LogP contribution in [0.25, 0.3) is 0 Å². The molecule has 2 N–H and O–H groups in total. The number of ether oxygens (including phenoxy) is 2. The van der Waals surface area contributed by atoms with E-state index in [0.717, 1.165) is 51.4 Å². The van der Waals surface area contributed by atoms with Gasteiger partial charge in [-0.2, -0.15) is 0 Å². The van der Waals surface area contributed by atoms with Gasteiger partial charge in [-0.3, -0.25) is 0 Å². The summed E-state index contributed by atoms with van der Waals surface area (Å²) in [5, 5.41) is 19.0. The Kier molecular flexibility index (Phi) is 10.8. The number of aromatic carboxylic acids is 2. The highest BCUT2D eigenvalue weighted by atomic mass is 16.5. The fourth-order valence-corrected chi connectivity index (χ4v) is 4.01. The Morgan fingerprint density at radius 2 is 0.944 bits per heavy atom. The van der Waals surface area contributed by atoms with E-state index in [1.165, 1.54) is 23.3 Å². The van der Waals surface area contributed by atoms with Crippen LogP contribution in [0.2, 0.25) is 0 Å². The second-order valence-electron chi connectivity index (χ2n) is 8.74. The first-order valence-electron chi connectivity index (χ1n) is 12.5. The molecule has 0 aliphatic rings. The number of hydrogen-bond acceptors (Lipinski definition) is 4. The Bertz CT molecular complexity index is 1010. The van der Waals surface area contributed by atoms with Gasteiger partial charge >= 0.3 is 11.9 Å². The first-order chi connectivity index (χ1) is 17.5. The van der Waals surface area contributed by atoms with Gasteiger partial charge in [-0.1, -0.05) is 60.7 Å². The summed E-state index contributed by atoms with van der Waals surface area (Å²) in [7, 11) is 0. The molecule has 36 heavy (non-hydrogen) atoms. The number of carboxylic acid groups (broad SMARTS) is 2. The van der Waals surface area contributed by atoms with Gasteiger partial charge in [-0.05, 0) is 74.6 Å². The highest BCUT2D eigenvalue weighted by Crippen LogP contribution is 2.32. The van der Waals surface area contributed by atoms with Gasteiger partial charge in [0, 0.05) is 0 Å². The lowest BCUT2D eigenvalue weighted by Gasteiger charge is -2.15. The van der Waals surface area contributed by atoms with E-state index in [-0.39, 0.29) is 22.6 Å². The zero-order chi connectivity index (χ0) is 25.6. The summed E-state index contributed by atoms with van der Waals surface area (Å²) in [5.41, 5.74) is 1.98. The van der Waals surface area contributed by atoms with E-state index in [9.17, 15) is 19.8 Å². The van der Waals surface area contributed by atoms with Crippen molar-refractivity contribution in [2.45, 2.75) is 51.4 Å². The Morgan fingerprint density at radius 3 is 1.31 bits per heavy atom. The smallest absolute Gasteiger partial charge is 0.336 e. The minimum Gasteiger partial charge on any atom is -0.490 e. The molecule has 0 fully saturated rings. The van der Waals surface area contributed by atoms with E-state index >= 15 is 0 Å². The van der Waals surface area contributed by atoms with Crippen LogP contribution in [-0.2, 0) is 12.8 Å². The van der Waals surface area contributed by atoms with Crippen LogP contribution < -0.4 is 9.47 Å². The lowest BCUT2D eigenvalue weighted by Crippen LogP contribution is -2.11. The van der Waals surface area contributed by atoms with Gasteiger partial charge in [0.05, 0.1) is 24.3 Å².